The number of halogens is 1. The molecule has 0 atom stereocenters. The zero-order valence-corrected chi connectivity index (χ0v) is 15.4. The molecule has 24 heavy (non-hydrogen) atoms. The van der Waals surface area contributed by atoms with Gasteiger partial charge in [-0.3, -0.25) is 4.79 Å². The van der Waals surface area contributed by atoms with Gasteiger partial charge in [-0.2, -0.15) is 0 Å². The summed E-state index contributed by atoms with van der Waals surface area (Å²) in [5.74, 6) is 0.314. The van der Waals surface area contributed by atoms with Gasteiger partial charge in [-0.05, 0) is 53.0 Å². The topological polar surface area (TPSA) is 67.6 Å². The maximum atomic E-state index is 12.6. The van der Waals surface area contributed by atoms with E-state index in [4.69, 9.17) is 4.42 Å². The molecule has 1 aliphatic rings. The number of benzene rings is 1. The largest absolute Gasteiger partial charge is 0.468 e. The number of likely N-dealkylation sites (tertiary alicyclic amines) is 1. The van der Waals surface area contributed by atoms with Gasteiger partial charge in [-0.1, -0.05) is 12.1 Å². The first-order valence-corrected chi connectivity index (χ1v) is 10.3. The van der Waals surface area contributed by atoms with E-state index in [9.17, 15) is 13.2 Å². The highest BCUT2D eigenvalue weighted by atomic mass is 79.9. The van der Waals surface area contributed by atoms with Gasteiger partial charge in [0.2, 0.25) is 0 Å². The van der Waals surface area contributed by atoms with E-state index < -0.39 is 15.1 Å². The van der Waals surface area contributed by atoms with Crippen LogP contribution in [-0.2, 0) is 15.6 Å². The number of furan rings is 1. The molecule has 3 rings (SSSR count). The Morgan fingerprint density at radius 2 is 1.88 bits per heavy atom. The van der Waals surface area contributed by atoms with E-state index in [-0.39, 0.29) is 11.7 Å². The predicted molar refractivity (Wildman–Crippen MR) is 94.4 cm³/mol. The van der Waals surface area contributed by atoms with Crippen molar-refractivity contribution in [2.45, 2.75) is 23.8 Å². The molecule has 0 radical (unpaired) electrons. The van der Waals surface area contributed by atoms with Gasteiger partial charge in [0, 0.05) is 17.6 Å². The first-order valence-electron chi connectivity index (χ1n) is 7.75. The highest BCUT2D eigenvalue weighted by molar-refractivity contribution is 9.10. The first-order chi connectivity index (χ1) is 11.5. The minimum Gasteiger partial charge on any atom is -0.468 e. The van der Waals surface area contributed by atoms with Crippen LogP contribution in [0.2, 0.25) is 0 Å². The summed E-state index contributed by atoms with van der Waals surface area (Å²) in [5, 5.41) is -0.425. The molecule has 1 amide bonds. The molecule has 1 saturated heterocycles. The van der Waals surface area contributed by atoms with E-state index in [0.29, 0.717) is 37.3 Å². The summed E-state index contributed by atoms with van der Waals surface area (Å²) >= 11 is 3.39. The fourth-order valence-electron chi connectivity index (χ4n) is 2.93. The van der Waals surface area contributed by atoms with Crippen molar-refractivity contribution in [3.05, 3.63) is 58.5 Å². The molecule has 0 spiro atoms. The van der Waals surface area contributed by atoms with Crippen LogP contribution >= 0.6 is 15.9 Å². The molecule has 0 aliphatic carbocycles. The quantitative estimate of drug-likeness (QED) is 0.773. The normalized spacial score (nSPS) is 16.3. The predicted octanol–water partition coefficient (Wildman–Crippen LogP) is 3.26. The average molecular weight is 412 g/mol. The maximum Gasteiger partial charge on any atom is 0.254 e. The molecule has 2 aromatic rings. The Morgan fingerprint density at radius 1 is 1.17 bits per heavy atom. The van der Waals surface area contributed by atoms with Gasteiger partial charge in [-0.15, -0.1) is 0 Å². The van der Waals surface area contributed by atoms with Crippen LogP contribution in [0.4, 0.5) is 0 Å². The standard InChI is InChI=1S/C17H18BrNO4S/c18-16-6-2-1-5-15(16)17(20)19-9-7-14(8-10-19)24(21,22)12-13-4-3-11-23-13/h1-6,11,14H,7-10,12H2. The van der Waals surface area contributed by atoms with Crippen LogP contribution in [0.1, 0.15) is 29.0 Å². The van der Waals surface area contributed by atoms with E-state index >= 15 is 0 Å². The zero-order valence-electron chi connectivity index (χ0n) is 13.0. The van der Waals surface area contributed by atoms with Crippen molar-refractivity contribution in [2.24, 2.45) is 0 Å². The number of hydrogen-bond donors (Lipinski definition) is 0. The highest BCUT2D eigenvalue weighted by Gasteiger charge is 2.32. The number of carbonyl (C=O) groups excluding carboxylic acids is 1. The fraction of sp³-hybridized carbons (Fsp3) is 0.353. The molecule has 128 valence electrons. The van der Waals surface area contributed by atoms with Crippen molar-refractivity contribution in [2.75, 3.05) is 13.1 Å². The third kappa shape index (κ3) is 3.72. The third-order valence-corrected chi connectivity index (χ3v) is 7.13. The minimum absolute atomic E-state index is 0.0654. The van der Waals surface area contributed by atoms with Gasteiger partial charge in [0.1, 0.15) is 11.5 Å². The lowest BCUT2D eigenvalue weighted by molar-refractivity contribution is 0.0724. The molecule has 1 aliphatic heterocycles. The van der Waals surface area contributed by atoms with E-state index in [1.54, 1.807) is 23.1 Å². The van der Waals surface area contributed by atoms with Crippen molar-refractivity contribution in [1.82, 2.24) is 4.90 Å². The Hall–Kier alpha value is -1.60. The summed E-state index contributed by atoms with van der Waals surface area (Å²) in [4.78, 5) is 14.3. The van der Waals surface area contributed by atoms with Crippen LogP contribution in [0, 0.1) is 0 Å². The zero-order chi connectivity index (χ0) is 17.2. The molecule has 2 heterocycles. The van der Waals surface area contributed by atoms with E-state index in [2.05, 4.69) is 15.9 Å². The van der Waals surface area contributed by atoms with E-state index in [0.717, 1.165) is 4.47 Å². The smallest absolute Gasteiger partial charge is 0.254 e. The molecule has 0 unspecified atom stereocenters. The van der Waals surface area contributed by atoms with E-state index in [1.807, 2.05) is 18.2 Å². The molecule has 0 N–H and O–H groups in total. The molecule has 1 aromatic carbocycles. The Labute approximate surface area is 149 Å². The summed E-state index contributed by atoms with van der Waals surface area (Å²) in [5.41, 5.74) is 0.606. The van der Waals surface area contributed by atoms with Gasteiger partial charge in [-0.25, -0.2) is 8.42 Å². The second-order valence-corrected chi connectivity index (χ2v) is 8.99. The van der Waals surface area contributed by atoms with Gasteiger partial charge in [0.25, 0.3) is 5.91 Å². The lowest BCUT2D eigenvalue weighted by Gasteiger charge is -2.31. The molecule has 0 bridgehead atoms. The Morgan fingerprint density at radius 3 is 2.50 bits per heavy atom. The fourth-order valence-corrected chi connectivity index (χ4v) is 5.11. The third-order valence-electron chi connectivity index (χ3n) is 4.26. The average Bonchev–Trinajstić information content (AvgIpc) is 3.07. The van der Waals surface area contributed by atoms with Crippen LogP contribution < -0.4 is 0 Å². The summed E-state index contributed by atoms with van der Waals surface area (Å²) in [6.45, 7) is 0.893. The maximum absolute atomic E-state index is 12.6. The molecule has 7 heteroatoms. The molecule has 1 aromatic heterocycles. The number of piperidine rings is 1. The number of sulfone groups is 1. The van der Waals surface area contributed by atoms with Gasteiger partial charge < -0.3 is 9.32 Å². The van der Waals surface area contributed by atoms with Crippen LogP contribution in [-0.4, -0.2) is 37.6 Å². The minimum atomic E-state index is -3.27. The number of nitrogens with zero attached hydrogens (tertiary/aromatic N) is 1. The van der Waals surface area contributed by atoms with Crippen molar-refractivity contribution in [1.29, 1.82) is 0 Å². The van der Waals surface area contributed by atoms with Gasteiger partial charge >= 0.3 is 0 Å². The second kappa shape index (κ2) is 7.11. The summed E-state index contributed by atoms with van der Waals surface area (Å²) in [6.07, 6.45) is 2.39. The Kier molecular flexibility index (Phi) is 5.10. The Balaban J connectivity index is 1.63. The molecule has 0 saturated carbocycles. The number of carbonyl (C=O) groups is 1. The van der Waals surface area contributed by atoms with Crippen LogP contribution in [0.3, 0.4) is 0 Å². The molecular weight excluding hydrogens is 394 g/mol. The van der Waals surface area contributed by atoms with Crippen LogP contribution in [0.25, 0.3) is 0 Å². The summed E-state index contributed by atoms with van der Waals surface area (Å²) in [7, 11) is -3.27. The molecule has 5 nitrogen and oxygen atoms in total. The summed E-state index contributed by atoms with van der Waals surface area (Å²) in [6, 6.07) is 10.6. The monoisotopic (exact) mass is 411 g/mol. The molecule has 1 fully saturated rings. The van der Waals surface area contributed by atoms with Crippen LogP contribution in [0.5, 0.6) is 0 Å². The van der Waals surface area contributed by atoms with Crippen molar-refractivity contribution in [3.63, 3.8) is 0 Å². The highest BCUT2D eigenvalue weighted by Crippen LogP contribution is 2.24. The van der Waals surface area contributed by atoms with Gasteiger partial charge in [0.05, 0.1) is 17.1 Å². The van der Waals surface area contributed by atoms with Gasteiger partial charge in [0.15, 0.2) is 9.84 Å². The molecular formula is C17H18BrNO4S. The first kappa shape index (κ1) is 17.2. The van der Waals surface area contributed by atoms with Crippen molar-refractivity contribution >= 4 is 31.7 Å². The van der Waals surface area contributed by atoms with Crippen LogP contribution in [0.15, 0.2) is 51.6 Å². The second-order valence-electron chi connectivity index (χ2n) is 5.86. The number of amides is 1. The van der Waals surface area contributed by atoms with Crippen molar-refractivity contribution in [3.8, 4) is 0 Å². The lowest BCUT2D eigenvalue weighted by Crippen LogP contribution is -2.42. The van der Waals surface area contributed by atoms with Crippen molar-refractivity contribution < 1.29 is 17.6 Å². The van der Waals surface area contributed by atoms with E-state index in [1.165, 1.54) is 6.26 Å². The lowest BCUT2D eigenvalue weighted by atomic mass is 10.1. The number of hydrogen-bond acceptors (Lipinski definition) is 4. The summed E-state index contributed by atoms with van der Waals surface area (Å²) < 4.78 is 30.9. The Bertz CT molecular complexity index is 809. The number of rotatable bonds is 4. The SMILES string of the molecule is O=C(c1ccccc1Br)N1CCC(S(=O)(=O)Cc2ccco2)CC1.